The highest BCUT2D eigenvalue weighted by Crippen LogP contribution is 2.40. The van der Waals surface area contributed by atoms with Crippen LogP contribution in [-0.2, 0) is 17.6 Å². The summed E-state index contributed by atoms with van der Waals surface area (Å²) >= 11 is 1.48. The van der Waals surface area contributed by atoms with Crippen LogP contribution in [0.5, 0.6) is 17.2 Å². The first-order valence-electron chi connectivity index (χ1n) is 10.6. The van der Waals surface area contributed by atoms with Gasteiger partial charge in [0.2, 0.25) is 5.75 Å². The van der Waals surface area contributed by atoms with E-state index in [-0.39, 0.29) is 11.8 Å². The molecule has 0 atom stereocenters. The molecule has 1 aliphatic carbocycles. The summed E-state index contributed by atoms with van der Waals surface area (Å²) in [7, 11) is 6.14. The highest BCUT2D eigenvalue weighted by atomic mass is 32.1. The van der Waals surface area contributed by atoms with Gasteiger partial charge in [-0.1, -0.05) is 0 Å². The third kappa shape index (κ3) is 5.16. The summed E-state index contributed by atoms with van der Waals surface area (Å²) in [6, 6.07) is 3.18. The molecule has 2 aromatic rings. The van der Waals surface area contributed by atoms with E-state index in [1.165, 1.54) is 37.5 Å². The van der Waals surface area contributed by atoms with Crippen LogP contribution in [0.15, 0.2) is 12.1 Å². The number of hydrogen-bond donors (Lipinski definition) is 2. The lowest BCUT2D eigenvalue weighted by molar-refractivity contribution is 0.0948. The second-order valence-corrected chi connectivity index (χ2v) is 8.49. The van der Waals surface area contributed by atoms with E-state index >= 15 is 0 Å². The predicted molar refractivity (Wildman–Crippen MR) is 124 cm³/mol. The maximum atomic E-state index is 13.1. The van der Waals surface area contributed by atoms with E-state index in [0.29, 0.717) is 46.5 Å². The lowest BCUT2D eigenvalue weighted by atomic mass is 9.95. The third-order valence-corrected chi connectivity index (χ3v) is 6.57. The first-order chi connectivity index (χ1) is 15.5. The molecule has 0 spiro atoms. The van der Waals surface area contributed by atoms with Crippen molar-refractivity contribution in [2.24, 2.45) is 0 Å². The Bertz CT molecular complexity index is 947. The number of amides is 2. The molecule has 2 N–H and O–H groups in total. The van der Waals surface area contributed by atoms with Crippen molar-refractivity contribution in [1.29, 1.82) is 0 Å². The van der Waals surface area contributed by atoms with Crippen molar-refractivity contribution < 1.29 is 28.5 Å². The molecule has 0 saturated carbocycles. The second kappa shape index (κ2) is 11.2. The molecule has 32 heavy (non-hydrogen) atoms. The minimum absolute atomic E-state index is 0.166. The lowest BCUT2D eigenvalue weighted by Gasteiger charge is -2.15. The van der Waals surface area contributed by atoms with Gasteiger partial charge in [0.15, 0.2) is 11.5 Å². The number of methoxy groups -OCH3 is 4. The van der Waals surface area contributed by atoms with Crippen molar-refractivity contribution in [1.82, 2.24) is 5.32 Å². The van der Waals surface area contributed by atoms with E-state index in [1.54, 1.807) is 19.2 Å². The van der Waals surface area contributed by atoms with Gasteiger partial charge in [-0.05, 0) is 49.8 Å². The summed E-state index contributed by atoms with van der Waals surface area (Å²) in [5, 5.41) is 6.47. The standard InChI is InChI=1S/C23H30N2O6S/c1-28-11-7-10-24-22(27)19-15-8-5-6-9-18(15)32-23(19)25-21(26)14-12-16(29-2)20(31-4)17(13-14)30-3/h12-13H,5-11H2,1-4H3,(H,24,27)(H,25,26). The van der Waals surface area contributed by atoms with Crippen LogP contribution in [0.2, 0.25) is 0 Å². The summed E-state index contributed by atoms with van der Waals surface area (Å²) in [4.78, 5) is 27.3. The Hall–Kier alpha value is -2.78. The monoisotopic (exact) mass is 462 g/mol. The van der Waals surface area contributed by atoms with E-state index in [4.69, 9.17) is 18.9 Å². The summed E-state index contributed by atoms with van der Waals surface area (Å²) in [6.07, 6.45) is 4.61. The normalized spacial score (nSPS) is 12.6. The van der Waals surface area contributed by atoms with Crippen LogP contribution in [0.25, 0.3) is 0 Å². The number of ether oxygens (including phenoxy) is 4. The maximum Gasteiger partial charge on any atom is 0.256 e. The minimum atomic E-state index is -0.351. The largest absolute Gasteiger partial charge is 0.493 e. The van der Waals surface area contributed by atoms with Gasteiger partial charge in [-0.3, -0.25) is 9.59 Å². The van der Waals surface area contributed by atoms with Crippen LogP contribution in [0, 0.1) is 0 Å². The Morgan fingerprint density at radius 2 is 1.66 bits per heavy atom. The average molecular weight is 463 g/mol. The zero-order valence-corrected chi connectivity index (χ0v) is 19.8. The first kappa shape index (κ1) is 23.9. The van der Waals surface area contributed by atoms with Crippen molar-refractivity contribution in [2.75, 3.05) is 46.9 Å². The molecule has 0 fully saturated rings. The van der Waals surface area contributed by atoms with Crippen molar-refractivity contribution in [3.05, 3.63) is 33.7 Å². The summed E-state index contributed by atoms with van der Waals surface area (Å²) < 4.78 is 21.1. The van der Waals surface area contributed by atoms with Crippen molar-refractivity contribution in [3.63, 3.8) is 0 Å². The number of rotatable bonds is 10. The SMILES string of the molecule is COCCCNC(=O)c1c(NC(=O)c2cc(OC)c(OC)c(OC)c2)sc2c1CCCC2. The zero-order valence-electron chi connectivity index (χ0n) is 19.0. The molecular formula is C23H30N2O6S. The number of benzene rings is 1. The van der Waals surface area contributed by atoms with Crippen molar-refractivity contribution in [3.8, 4) is 17.2 Å². The number of anilines is 1. The summed E-state index contributed by atoms with van der Waals surface area (Å²) in [5.41, 5.74) is 1.96. The molecule has 1 aromatic carbocycles. The maximum absolute atomic E-state index is 13.1. The fraction of sp³-hybridized carbons (Fsp3) is 0.478. The van der Waals surface area contributed by atoms with Gasteiger partial charge < -0.3 is 29.6 Å². The van der Waals surface area contributed by atoms with E-state index < -0.39 is 0 Å². The molecule has 9 heteroatoms. The molecule has 0 unspecified atom stereocenters. The Morgan fingerprint density at radius 3 is 2.28 bits per heavy atom. The number of hydrogen-bond acceptors (Lipinski definition) is 7. The molecule has 0 radical (unpaired) electrons. The molecule has 0 aliphatic heterocycles. The number of thiophene rings is 1. The van der Waals surface area contributed by atoms with E-state index in [1.807, 2.05) is 0 Å². The molecule has 1 aromatic heterocycles. The molecular weight excluding hydrogens is 432 g/mol. The predicted octanol–water partition coefficient (Wildman–Crippen LogP) is 3.67. The van der Waals surface area contributed by atoms with Crippen LogP contribution < -0.4 is 24.8 Å². The van der Waals surface area contributed by atoms with Gasteiger partial charge in [0.25, 0.3) is 11.8 Å². The van der Waals surface area contributed by atoms with Crippen LogP contribution in [0.3, 0.4) is 0 Å². The van der Waals surface area contributed by atoms with Crippen LogP contribution in [0.4, 0.5) is 5.00 Å². The van der Waals surface area contributed by atoms with Gasteiger partial charge >= 0.3 is 0 Å². The molecule has 0 bridgehead atoms. The molecule has 8 nitrogen and oxygen atoms in total. The quantitative estimate of drug-likeness (QED) is 0.523. The Balaban J connectivity index is 1.89. The fourth-order valence-electron chi connectivity index (χ4n) is 3.79. The summed E-state index contributed by atoms with van der Waals surface area (Å²) in [5.74, 6) is 0.670. The van der Waals surface area contributed by atoms with Gasteiger partial charge in [0.05, 0.1) is 26.9 Å². The molecule has 3 rings (SSSR count). The molecule has 174 valence electrons. The summed E-state index contributed by atoms with van der Waals surface area (Å²) in [6.45, 7) is 1.09. The Labute approximate surface area is 192 Å². The van der Waals surface area contributed by atoms with Crippen molar-refractivity contribution in [2.45, 2.75) is 32.1 Å². The van der Waals surface area contributed by atoms with E-state index in [0.717, 1.165) is 37.7 Å². The smallest absolute Gasteiger partial charge is 0.256 e. The van der Waals surface area contributed by atoms with Crippen molar-refractivity contribution >= 4 is 28.2 Å². The molecule has 1 heterocycles. The van der Waals surface area contributed by atoms with Crippen LogP contribution >= 0.6 is 11.3 Å². The van der Waals surface area contributed by atoms with Crippen LogP contribution in [0.1, 0.15) is 50.4 Å². The second-order valence-electron chi connectivity index (χ2n) is 7.39. The first-order valence-corrected chi connectivity index (χ1v) is 11.4. The van der Waals surface area contributed by atoms with E-state index in [2.05, 4.69) is 10.6 Å². The number of carbonyl (C=O) groups excluding carboxylic acids is 2. The Morgan fingerprint density at radius 1 is 0.969 bits per heavy atom. The van der Waals surface area contributed by atoms with Gasteiger partial charge in [0.1, 0.15) is 5.00 Å². The lowest BCUT2D eigenvalue weighted by Crippen LogP contribution is -2.27. The number of aryl methyl sites for hydroxylation is 1. The number of nitrogens with one attached hydrogen (secondary N) is 2. The van der Waals surface area contributed by atoms with Gasteiger partial charge in [0, 0.05) is 30.7 Å². The van der Waals surface area contributed by atoms with Gasteiger partial charge in [-0.15, -0.1) is 11.3 Å². The van der Waals surface area contributed by atoms with Crippen LogP contribution in [-0.4, -0.2) is 53.4 Å². The molecule has 2 amide bonds. The molecule has 0 saturated heterocycles. The topological polar surface area (TPSA) is 95.1 Å². The van der Waals surface area contributed by atoms with Gasteiger partial charge in [-0.2, -0.15) is 0 Å². The highest BCUT2D eigenvalue weighted by molar-refractivity contribution is 7.17. The van der Waals surface area contributed by atoms with Gasteiger partial charge in [-0.25, -0.2) is 0 Å². The number of fused-ring (bicyclic) bond motifs is 1. The minimum Gasteiger partial charge on any atom is -0.493 e. The molecule has 1 aliphatic rings. The third-order valence-electron chi connectivity index (χ3n) is 5.36. The highest BCUT2D eigenvalue weighted by Gasteiger charge is 2.27. The fourth-order valence-corrected chi connectivity index (χ4v) is 5.07. The Kier molecular flexibility index (Phi) is 8.35. The average Bonchev–Trinajstić information content (AvgIpc) is 3.18. The number of carbonyl (C=O) groups is 2. The zero-order chi connectivity index (χ0) is 23.1. The van der Waals surface area contributed by atoms with E-state index in [9.17, 15) is 9.59 Å².